The molecule has 0 bridgehead atoms. The first-order valence-electron chi connectivity index (χ1n) is 17.2. The molecule has 11 heteroatoms. The highest BCUT2D eigenvalue weighted by molar-refractivity contribution is 7.93. The number of ether oxygens (including phenoxy) is 2. The van der Waals surface area contributed by atoms with Gasteiger partial charge in [0.05, 0.1) is 31.4 Å². The van der Waals surface area contributed by atoms with Crippen molar-refractivity contribution in [3.05, 3.63) is 113 Å². The van der Waals surface area contributed by atoms with Crippen LogP contribution in [0.15, 0.2) is 89.1 Å². The zero-order chi connectivity index (χ0) is 35.7. The first-order valence-corrected chi connectivity index (χ1v) is 19.6. The third-order valence-corrected chi connectivity index (χ3v) is 13.5. The van der Waals surface area contributed by atoms with Gasteiger partial charge in [-0.25, -0.2) is 18.4 Å². The molecule has 51 heavy (non-hydrogen) atoms. The summed E-state index contributed by atoms with van der Waals surface area (Å²) in [6, 6.07) is 28.6. The molecule has 3 aromatic carbocycles. The van der Waals surface area contributed by atoms with Crippen molar-refractivity contribution in [2.24, 2.45) is 11.8 Å². The van der Waals surface area contributed by atoms with Gasteiger partial charge in [0.2, 0.25) is 5.91 Å². The zero-order valence-electron chi connectivity index (χ0n) is 29.3. The second kappa shape index (κ2) is 14.5. The molecule has 2 aromatic heterocycles. The molecule has 0 aliphatic heterocycles. The van der Waals surface area contributed by atoms with E-state index in [-0.39, 0.29) is 27.7 Å². The highest BCUT2D eigenvalue weighted by Gasteiger charge is 2.34. The van der Waals surface area contributed by atoms with Crippen molar-refractivity contribution in [1.82, 2.24) is 9.97 Å². The van der Waals surface area contributed by atoms with E-state index < -0.39 is 9.84 Å². The summed E-state index contributed by atoms with van der Waals surface area (Å²) in [6.07, 6.45) is 3.15. The lowest BCUT2D eigenvalue weighted by atomic mass is 10.0. The lowest BCUT2D eigenvalue weighted by molar-refractivity contribution is -0.121. The van der Waals surface area contributed by atoms with E-state index in [9.17, 15) is 13.2 Å². The average molecular weight is 723 g/mol. The number of fused-ring (bicyclic) bond motifs is 1. The number of hydrogen-bond donors (Lipinski definition) is 0. The zero-order valence-corrected chi connectivity index (χ0v) is 31.0. The van der Waals surface area contributed by atoms with Crippen LogP contribution in [-0.4, -0.2) is 51.3 Å². The Labute approximate surface area is 303 Å². The highest BCUT2D eigenvalue weighted by atomic mass is 32.2. The lowest BCUT2D eigenvalue weighted by Crippen LogP contribution is -2.33. The maximum absolute atomic E-state index is 13.7. The van der Waals surface area contributed by atoms with Crippen molar-refractivity contribution < 1.29 is 22.7 Å². The molecule has 1 unspecified atom stereocenters. The summed E-state index contributed by atoms with van der Waals surface area (Å²) in [4.78, 5) is 27.2. The molecule has 5 aromatic rings. The number of methoxy groups -OCH3 is 2. The van der Waals surface area contributed by atoms with Crippen LogP contribution in [0.25, 0.3) is 11.3 Å². The Kier molecular flexibility index (Phi) is 9.85. The Morgan fingerprint density at radius 3 is 2.08 bits per heavy atom. The second-order valence-electron chi connectivity index (χ2n) is 13.5. The monoisotopic (exact) mass is 722 g/mol. The molecule has 264 valence electrons. The van der Waals surface area contributed by atoms with Gasteiger partial charge in [0.1, 0.15) is 21.5 Å². The topological polar surface area (TPSA) is 102 Å². The predicted octanol–water partition coefficient (Wildman–Crippen LogP) is 7.30. The van der Waals surface area contributed by atoms with Crippen molar-refractivity contribution in [2.45, 2.75) is 49.9 Å². The molecule has 9 nitrogen and oxygen atoms in total. The summed E-state index contributed by atoms with van der Waals surface area (Å²) in [5.74, 6) is 2.59. The fourth-order valence-electron chi connectivity index (χ4n) is 6.67. The highest BCUT2D eigenvalue weighted by Crippen LogP contribution is 2.38. The number of nitrogens with zero attached hydrogens (tertiary/aromatic N) is 4. The van der Waals surface area contributed by atoms with E-state index in [2.05, 4.69) is 52.3 Å². The molecule has 7 rings (SSSR count). The summed E-state index contributed by atoms with van der Waals surface area (Å²) in [7, 11) is 1.63. The molecule has 2 heterocycles. The van der Waals surface area contributed by atoms with E-state index in [1.807, 2.05) is 42.5 Å². The van der Waals surface area contributed by atoms with Crippen molar-refractivity contribution in [3.63, 3.8) is 0 Å². The van der Waals surface area contributed by atoms with Crippen LogP contribution in [0.3, 0.4) is 0 Å². The Bertz CT molecular complexity index is 2100. The number of benzene rings is 3. The normalized spacial score (nSPS) is 15.3. The maximum Gasteiger partial charge on any atom is 0.232 e. The number of anilines is 2. The molecule has 2 aliphatic rings. The van der Waals surface area contributed by atoms with Gasteiger partial charge in [-0.2, -0.15) is 0 Å². The Morgan fingerprint density at radius 1 is 0.843 bits per heavy atom. The Morgan fingerprint density at radius 2 is 1.47 bits per heavy atom. The molecule has 1 saturated carbocycles. The molecule has 1 atom stereocenters. The minimum Gasteiger partial charge on any atom is -0.497 e. The number of aryl methyl sites for hydroxylation is 1. The third-order valence-electron chi connectivity index (χ3n) is 9.70. The summed E-state index contributed by atoms with van der Waals surface area (Å²) in [5, 5.41) is 0.429. The second-order valence-corrected chi connectivity index (χ2v) is 16.7. The smallest absolute Gasteiger partial charge is 0.232 e. The van der Waals surface area contributed by atoms with Crippen molar-refractivity contribution >= 4 is 38.0 Å². The van der Waals surface area contributed by atoms with Crippen LogP contribution in [0.4, 0.5) is 10.9 Å². The van der Waals surface area contributed by atoms with Gasteiger partial charge in [-0.15, -0.1) is 0 Å². The van der Waals surface area contributed by atoms with E-state index in [1.54, 1.807) is 28.2 Å². The van der Waals surface area contributed by atoms with Gasteiger partial charge in [0, 0.05) is 31.6 Å². The van der Waals surface area contributed by atoms with Crippen LogP contribution in [-0.2, 0) is 40.6 Å². The standard InChI is InChI=1S/C40H42N4O5S2/c1-26-39(51(46,47)25-29-8-9-29)50-40(41-26)43(2)38(45)33-20-30-14-15-31(21-32(30)22-33)36-6-5-7-37(42-36)44(23-27-10-16-34(48-3)17-11-27)24-28-12-18-35(49-4)19-13-28/h5-7,10-19,21,29,33H,8-9,20,22-25H2,1-4H3. The van der Waals surface area contributed by atoms with Crippen LogP contribution in [0.2, 0.25) is 0 Å². The van der Waals surface area contributed by atoms with Crippen LogP contribution >= 0.6 is 11.3 Å². The van der Waals surface area contributed by atoms with Gasteiger partial charge >= 0.3 is 0 Å². The molecule has 0 N–H and O–H groups in total. The number of amides is 1. The largest absolute Gasteiger partial charge is 0.497 e. The summed E-state index contributed by atoms with van der Waals surface area (Å²) >= 11 is 1.11. The number of sulfone groups is 1. The van der Waals surface area contributed by atoms with Gasteiger partial charge in [-0.3, -0.25) is 9.69 Å². The first kappa shape index (κ1) is 34.7. The third kappa shape index (κ3) is 7.79. The van der Waals surface area contributed by atoms with Crippen molar-refractivity contribution in [1.29, 1.82) is 0 Å². The minimum atomic E-state index is -3.41. The summed E-state index contributed by atoms with van der Waals surface area (Å²) in [6.45, 7) is 3.02. The van der Waals surface area contributed by atoms with Gasteiger partial charge in [-0.05, 0) is 103 Å². The number of rotatable bonds is 13. The van der Waals surface area contributed by atoms with E-state index in [4.69, 9.17) is 14.5 Å². The van der Waals surface area contributed by atoms with Crippen LogP contribution in [0.1, 0.15) is 40.8 Å². The van der Waals surface area contributed by atoms with Crippen LogP contribution in [0.5, 0.6) is 11.5 Å². The fraction of sp³-hybridized carbons (Fsp3) is 0.325. The lowest BCUT2D eigenvalue weighted by Gasteiger charge is -2.25. The minimum absolute atomic E-state index is 0.0551. The van der Waals surface area contributed by atoms with E-state index >= 15 is 0 Å². The molecule has 0 radical (unpaired) electrons. The van der Waals surface area contributed by atoms with Gasteiger partial charge in [0.15, 0.2) is 15.0 Å². The average Bonchev–Trinajstić information content (AvgIpc) is 3.69. The van der Waals surface area contributed by atoms with E-state index in [0.717, 1.165) is 75.0 Å². The van der Waals surface area contributed by atoms with Crippen LogP contribution < -0.4 is 19.3 Å². The SMILES string of the molecule is COc1ccc(CN(Cc2ccc(OC)cc2)c2cccc(-c3ccc4c(c3)CC(C(=O)N(C)c3nc(C)c(S(=O)(=O)CC5CC5)s3)C4)n2)cc1. The molecule has 2 aliphatic carbocycles. The van der Waals surface area contributed by atoms with E-state index in [0.29, 0.717) is 36.8 Å². The molecular formula is C40H42N4O5S2. The Hall–Kier alpha value is -4.74. The van der Waals surface area contributed by atoms with Crippen molar-refractivity contribution in [2.75, 3.05) is 36.8 Å². The first-order chi connectivity index (χ1) is 24.6. The van der Waals surface area contributed by atoms with Gasteiger partial charge in [0.25, 0.3) is 0 Å². The van der Waals surface area contributed by atoms with Gasteiger partial charge < -0.3 is 14.4 Å². The maximum atomic E-state index is 13.7. The number of carbonyl (C=O) groups is 1. The molecule has 1 fully saturated rings. The molecular weight excluding hydrogens is 681 g/mol. The van der Waals surface area contributed by atoms with Crippen LogP contribution in [0, 0.1) is 18.8 Å². The number of carbonyl (C=O) groups excluding carboxylic acids is 1. The fourth-order valence-corrected chi connectivity index (χ4v) is 9.98. The number of hydrogen-bond acceptors (Lipinski definition) is 9. The number of pyridine rings is 1. The predicted molar refractivity (Wildman–Crippen MR) is 201 cm³/mol. The number of aromatic nitrogens is 2. The molecule has 1 amide bonds. The molecule has 0 saturated heterocycles. The Balaban J connectivity index is 1.09. The quantitative estimate of drug-likeness (QED) is 0.125. The molecule has 0 spiro atoms. The number of thiazole rings is 1. The van der Waals surface area contributed by atoms with Crippen molar-refractivity contribution in [3.8, 4) is 22.8 Å². The summed E-state index contributed by atoms with van der Waals surface area (Å²) in [5.41, 5.74) is 6.86. The van der Waals surface area contributed by atoms with Gasteiger partial charge in [-0.1, -0.05) is 53.8 Å². The van der Waals surface area contributed by atoms with E-state index in [1.165, 1.54) is 4.90 Å². The summed E-state index contributed by atoms with van der Waals surface area (Å²) < 4.78 is 37.0.